The van der Waals surface area contributed by atoms with Crippen molar-refractivity contribution in [3.05, 3.63) is 35.7 Å². The zero-order chi connectivity index (χ0) is 18.2. The van der Waals surface area contributed by atoms with Crippen molar-refractivity contribution in [3.63, 3.8) is 0 Å². The highest BCUT2D eigenvalue weighted by Gasteiger charge is 2.20. The normalized spacial score (nSPS) is 12.0. The van der Waals surface area contributed by atoms with E-state index < -0.39 is 0 Å². The van der Waals surface area contributed by atoms with E-state index in [1.54, 1.807) is 24.3 Å². The van der Waals surface area contributed by atoms with E-state index in [1.807, 2.05) is 6.92 Å². The van der Waals surface area contributed by atoms with Crippen LogP contribution in [0.3, 0.4) is 0 Å². The quantitative estimate of drug-likeness (QED) is 0.524. The van der Waals surface area contributed by atoms with Crippen LogP contribution in [0, 0.1) is 0 Å². The molecule has 7 heteroatoms. The number of rotatable bonds is 9. The van der Waals surface area contributed by atoms with Crippen molar-refractivity contribution >= 4 is 29.1 Å². The molecule has 134 valence electrons. The molecule has 2 rings (SSSR count). The van der Waals surface area contributed by atoms with Gasteiger partial charge in [0.1, 0.15) is 5.82 Å². The molecule has 1 atom stereocenters. The number of H-pyrrole nitrogens is 1. The summed E-state index contributed by atoms with van der Waals surface area (Å²) >= 11 is 1.36. The number of unbranched alkanes of at least 4 members (excludes halogenated alkanes) is 1. The number of carbonyl (C=O) groups is 2. The number of nitrogens with one attached hydrogen (secondary N) is 2. The Bertz CT molecular complexity index is 712. The predicted octanol–water partition coefficient (Wildman–Crippen LogP) is 3.86. The molecule has 0 radical (unpaired) electrons. The van der Waals surface area contributed by atoms with E-state index in [4.69, 9.17) is 0 Å². The average Bonchev–Trinajstić information content (AvgIpc) is 3.05. The molecule has 1 aromatic heterocycles. The highest BCUT2D eigenvalue weighted by molar-refractivity contribution is 8.00. The van der Waals surface area contributed by atoms with Crippen LogP contribution >= 0.6 is 11.8 Å². The molecule has 1 aromatic carbocycles. The smallest absolute Gasteiger partial charge is 0.237 e. The van der Waals surface area contributed by atoms with Crippen molar-refractivity contribution < 1.29 is 9.59 Å². The van der Waals surface area contributed by atoms with Gasteiger partial charge in [-0.25, -0.2) is 4.98 Å². The second-order valence-electron chi connectivity index (χ2n) is 5.81. The number of aromatic nitrogens is 3. The highest BCUT2D eigenvalue weighted by atomic mass is 32.2. The third-order valence-corrected chi connectivity index (χ3v) is 4.97. The number of aromatic amines is 1. The summed E-state index contributed by atoms with van der Waals surface area (Å²) in [5.74, 6) is 0.769. The summed E-state index contributed by atoms with van der Waals surface area (Å²) in [6.45, 7) is 5.61. The Balaban J connectivity index is 1.95. The molecule has 0 aliphatic carbocycles. The Labute approximate surface area is 152 Å². The highest BCUT2D eigenvalue weighted by Crippen LogP contribution is 2.24. The van der Waals surface area contributed by atoms with Crippen LogP contribution in [0.2, 0.25) is 0 Å². The number of anilines is 1. The number of nitrogens with zero attached hydrogens (tertiary/aromatic N) is 2. The van der Waals surface area contributed by atoms with Gasteiger partial charge in [-0.15, -0.1) is 5.10 Å². The third-order valence-electron chi connectivity index (χ3n) is 3.75. The molecular weight excluding hydrogens is 336 g/mol. The molecule has 6 nitrogen and oxygen atoms in total. The number of ketones is 1. The Hall–Kier alpha value is -2.15. The minimum atomic E-state index is -0.276. The molecule has 0 aliphatic rings. The van der Waals surface area contributed by atoms with Gasteiger partial charge in [0.2, 0.25) is 11.1 Å². The number of benzene rings is 1. The van der Waals surface area contributed by atoms with Crippen LogP contribution in [0.25, 0.3) is 0 Å². The molecule has 2 N–H and O–H groups in total. The van der Waals surface area contributed by atoms with Crippen LogP contribution in [-0.4, -0.2) is 32.1 Å². The average molecular weight is 360 g/mol. The van der Waals surface area contributed by atoms with Crippen molar-refractivity contribution in [1.29, 1.82) is 0 Å². The molecule has 0 spiro atoms. The lowest BCUT2D eigenvalue weighted by molar-refractivity contribution is -0.115. The van der Waals surface area contributed by atoms with E-state index in [9.17, 15) is 9.59 Å². The van der Waals surface area contributed by atoms with Gasteiger partial charge in [-0.1, -0.05) is 32.0 Å². The second-order valence-corrected chi connectivity index (χ2v) is 6.98. The summed E-state index contributed by atoms with van der Waals surface area (Å²) in [7, 11) is 0. The van der Waals surface area contributed by atoms with Gasteiger partial charge in [-0.05, 0) is 44.0 Å². The Morgan fingerprint density at radius 3 is 2.56 bits per heavy atom. The molecule has 0 bridgehead atoms. The van der Waals surface area contributed by atoms with E-state index >= 15 is 0 Å². The fourth-order valence-electron chi connectivity index (χ4n) is 2.25. The van der Waals surface area contributed by atoms with Crippen LogP contribution in [-0.2, 0) is 11.2 Å². The van der Waals surface area contributed by atoms with Gasteiger partial charge in [0, 0.05) is 17.7 Å². The summed E-state index contributed by atoms with van der Waals surface area (Å²) in [6, 6.07) is 6.89. The first kappa shape index (κ1) is 19.2. The van der Waals surface area contributed by atoms with Crippen LogP contribution in [0.1, 0.15) is 56.2 Å². The van der Waals surface area contributed by atoms with Crippen molar-refractivity contribution in [2.75, 3.05) is 5.32 Å². The molecular formula is C18H24N4O2S. The van der Waals surface area contributed by atoms with Crippen molar-refractivity contribution in [2.45, 2.75) is 56.9 Å². The summed E-state index contributed by atoms with van der Waals surface area (Å²) in [6.07, 6.45) is 3.70. The first-order valence-corrected chi connectivity index (χ1v) is 9.41. The van der Waals surface area contributed by atoms with Crippen molar-refractivity contribution in [2.24, 2.45) is 0 Å². The fourth-order valence-corrected chi connectivity index (χ4v) is 3.10. The molecule has 1 amide bonds. The third kappa shape index (κ3) is 5.70. The van der Waals surface area contributed by atoms with Gasteiger partial charge in [-0.3, -0.25) is 14.7 Å². The SMILES string of the molecule is CCCCc1nc(SC(CC)C(=O)Nc2ccc(C(C)=O)cc2)n[nH]1. The van der Waals surface area contributed by atoms with E-state index in [0.29, 0.717) is 22.8 Å². The minimum Gasteiger partial charge on any atom is -0.325 e. The van der Waals surface area contributed by atoms with E-state index in [-0.39, 0.29) is 16.9 Å². The van der Waals surface area contributed by atoms with E-state index in [1.165, 1.54) is 18.7 Å². The van der Waals surface area contributed by atoms with Crippen LogP contribution in [0.4, 0.5) is 5.69 Å². The van der Waals surface area contributed by atoms with Gasteiger partial charge in [0.15, 0.2) is 5.78 Å². The second kappa shape index (κ2) is 9.36. The first-order chi connectivity index (χ1) is 12.0. The van der Waals surface area contributed by atoms with Gasteiger partial charge in [0.25, 0.3) is 0 Å². The van der Waals surface area contributed by atoms with Gasteiger partial charge < -0.3 is 5.32 Å². The van der Waals surface area contributed by atoms with Crippen LogP contribution in [0.5, 0.6) is 0 Å². The Morgan fingerprint density at radius 1 is 1.24 bits per heavy atom. The summed E-state index contributed by atoms with van der Waals surface area (Å²) in [5.41, 5.74) is 1.30. The molecule has 1 heterocycles. The Kier molecular flexibility index (Phi) is 7.18. The van der Waals surface area contributed by atoms with Gasteiger partial charge >= 0.3 is 0 Å². The monoisotopic (exact) mass is 360 g/mol. The maximum atomic E-state index is 12.5. The van der Waals surface area contributed by atoms with Crippen LogP contribution in [0.15, 0.2) is 29.4 Å². The molecule has 0 fully saturated rings. The molecule has 0 saturated heterocycles. The van der Waals surface area contributed by atoms with Gasteiger partial charge in [0.05, 0.1) is 5.25 Å². The minimum absolute atomic E-state index is 0.00310. The first-order valence-electron chi connectivity index (χ1n) is 8.53. The zero-order valence-corrected chi connectivity index (χ0v) is 15.7. The van der Waals surface area contributed by atoms with Crippen molar-refractivity contribution in [1.82, 2.24) is 15.2 Å². The molecule has 2 aromatic rings. The maximum absolute atomic E-state index is 12.5. The molecule has 0 aliphatic heterocycles. The van der Waals surface area contributed by atoms with Crippen LogP contribution < -0.4 is 5.32 Å². The summed E-state index contributed by atoms with van der Waals surface area (Å²) < 4.78 is 0. The topological polar surface area (TPSA) is 87.7 Å². The standard InChI is InChI=1S/C18H24N4O2S/c1-4-6-7-16-20-18(22-21-16)25-15(5-2)17(24)19-14-10-8-13(9-11-14)12(3)23/h8-11,15H,4-7H2,1-3H3,(H,19,24)(H,20,21,22). The van der Waals surface area contributed by atoms with E-state index in [0.717, 1.165) is 25.1 Å². The zero-order valence-electron chi connectivity index (χ0n) is 14.8. The lowest BCUT2D eigenvalue weighted by Crippen LogP contribution is -2.24. The maximum Gasteiger partial charge on any atom is 0.237 e. The summed E-state index contributed by atoms with van der Waals surface area (Å²) in [4.78, 5) is 28.2. The summed E-state index contributed by atoms with van der Waals surface area (Å²) in [5, 5.41) is 10.3. The van der Waals surface area contributed by atoms with Gasteiger partial charge in [-0.2, -0.15) is 0 Å². The molecule has 1 unspecified atom stereocenters. The number of thioether (sulfide) groups is 1. The lowest BCUT2D eigenvalue weighted by Gasteiger charge is -2.13. The molecule has 0 saturated carbocycles. The number of carbonyl (C=O) groups excluding carboxylic acids is 2. The number of aryl methyl sites for hydroxylation is 1. The number of hydrogen-bond acceptors (Lipinski definition) is 5. The number of amides is 1. The van der Waals surface area contributed by atoms with Crippen molar-refractivity contribution in [3.8, 4) is 0 Å². The predicted molar refractivity (Wildman–Crippen MR) is 100 cm³/mol. The Morgan fingerprint density at radius 2 is 1.96 bits per heavy atom. The fraction of sp³-hybridized carbons (Fsp3) is 0.444. The number of Topliss-reactive ketones (excluding diaryl/α,β-unsaturated/α-hetero) is 1. The van der Waals surface area contributed by atoms with E-state index in [2.05, 4.69) is 27.4 Å². The largest absolute Gasteiger partial charge is 0.325 e. The molecule has 25 heavy (non-hydrogen) atoms. The number of hydrogen-bond donors (Lipinski definition) is 2. The lowest BCUT2D eigenvalue weighted by atomic mass is 10.1.